The van der Waals surface area contributed by atoms with Crippen LogP contribution in [0.25, 0.3) is 0 Å². The number of hydrogen-bond donors (Lipinski definition) is 1. The molecular weight excluding hydrogens is 229 g/mol. The first-order valence-corrected chi connectivity index (χ1v) is 5.27. The average molecular weight is 239 g/mol. The minimum atomic E-state index is -4.38. The van der Waals surface area contributed by atoms with Gasteiger partial charge in [0.15, 0.2) is 5.69 Å². The van der Waals surface area contributed by atoms with E-state index in [1.165, 1.54) is 0 Å². The Balaban J connectivity index is 2.37. The number of rotatable bonds is 3. The number of hydrogen-bond acceptors (Lipinski definition) is 1. The average Bonchev–Trinajstić information content (AvgIpc) is 2.87. The van der Waals surface area contributed by atoms with E-state index in [1.807, 2.05) is 0 Å². The van der Waals surface area contributed by atoms with Gasteiger partial charge in [-0.05, 0) is 19.3 Å². The van der Waals surface area contributed by atoms with Crippen molar-refractivity contribution in [2.24, 2.45) is 0 Å². The summed E-state index contributed by atoms with van der Waals surface area (Å²) < 4.78 is 37.6. The van der Waals surface area contributed by atoms with Gasteiger partial charge in [0.1, 0.15) is 0 Å². The van der Waals surface area contributed by atoms with Gasteiger partial charge in [-0.15, -0.1) is 11.6 Å². The minimum absolute atomic E-state index is 0.183. The van der Waals surface area contributed by atoms with E-state index in [2.05, 4.69) is 10.2 Å². The Morgan fingerprint density at radius 2 is 2.07 bits per heavy atom. The zero-order chi connectivity index (χ0) is 11.1. The van der Waals surface area contributed by atoms with Crippen LogP contribution < -0.4 is 0 Å². The third kappa shape index (κ3) is 2.12. The molecule has 1 N–H and O–H groups in total. The summed E-state index contributed by atoms with van der Waals surface area (Å²) in [6.07, 6.45) is -2.28. The van der Waals surface area contributed by atoms with E-state index in [-0.39, 0.29) is 23.8 Å². The molecule has 2 rings (SSSR count). The first-order chi connectivity index (χ1) is 7.04. The molecule has 1 heterocycles. The van der Waals surface area contributed by atoms with Gasteiger partial charge in [0.05, 0.1) is 0 Å². The molecule has 1 aromatic heterocycles. The second-order valence-corrected chi connectivity index (χ2v) is 4.05. The van der Waals surface area contributed by atoms with Crippen molar-refractivity contribution in [2.75, 3.05) is 5.88 Å². The summed E-state index contributed by atoms with van der Waals surface area (Å²) in [5.74, 6) is 0.411. The first-order valence-electron chi connectivity index (χ1n) is 4.74. The second kappa shape index (κ2) is 3.70. The van der Waals surface area contributed by atoms with Crippen molar-refractivity contribution in [1.29, 1.82) is 0 Å². The van der Waals surface area contributed by atoms with Crippen LogP contribution in [0.1, 0.15) is 35.7 Å². The van der Waals surface area contributed by atoms with E-state index in [0.717, 1.165) is 12.8 Å². The van der Waals surface area contributed by atoms with E-state index in [4.69, 9.17) is 11.6 Å². The highest BCUT2D eigenvalue weighted by atomic mass is 35.5. The number of H-pyrrole nitrogens is 1. The summed E-state index contributed by atoms with van der Waals surface area (Å²) in [6.45, 7) is 0. The maximum Gasteiger partial charge on any atom is 0.435 e. The Morgan fingerprint density at radius 1 is 1.40 bits per heavy atom. The molecule has 0 atom stereocenters. The summed E-state index contributed by atoms with van der Waals surface area (Å²) >= 11 is 5.50. The second-order valence-electron chi connectivity index (χ2n) is 3.68. The lowest BCUT2D eigenvalue weighted by atomic mass is 10.1. The van der Waals surface area contributed by atoms with Crippen molar-refractivity contribution >= 4 is 11.6 Å². The van der Waals surface area contributed by atoms with Crippen LogP contribution in [0.5, 0.6) is 0 Å². The molecule has 2 nitrogen and oxygen atoms in total. The molecule has 84 valence electrons. The number of aromatic nitrogens is 2. The zero-order valence-electron chi connectivity index (χ0n) is 7.86. The van der Waals surface area contributed by atoms with Crippen molar-refractivity contribution in [1.82, 2.24) is 10.2 Å². The third-order valence-corrected chi connectivity index (χ3v) is 2.69. The summed E-state index contributed by atoms with van der Waals surface area (Å²) in [6, 6.07) is 0. The van der Waals surface area contributed by atoms with Crippen molar-refractivity contribution in [2.45, 2.75) is 31.4 Å². The molecule has 1 aliphatic rings. The van der Waals surface area contributed by atoms with E-state index in [9.17, 15) is 13.2 Å². The molecule has 0 bridgehead atoms. The Morgan fingerprint density at radius 3 is 2.53 bits per heavy atom. The number of nitrogens with one attached hydrogen (secondary N) is 1. The molecule has 0 amide bonds. The highest BCUT2D eigenvalue weighted by Gasteiger charge is 2.40. The van der Waals surface area contributed by atoms with Crippen LogP contribution in [0, 0.1) is 0 Å². The Bertz CT molecular complexity index is 355. The SMILES string of the molecule is FC(F)(F)c1n[nH]c(C2CC2)c1CCCl. The zero-order valence-corrected chi connectivity index (χ0v) is 8.62. The number of halogens is 4. The van der Waals surface area contributed by atoms with Crippen molar-refractivity contribution in [3.05, 3.63) is 17.0 Å². The van der Waals surface area contributed by atoms with Gasteiger partial charge in [-0.3, -0.25) is 5.10 Å². The Labute approximate surface area is 89.8 Å². The lowest BCUT2D eigenvalue weighted by Crippen LogP contribution is -2.09. The molecule has 0 spiro atoms. The lowest BCUT2D eigenvalue weighted by molar-refractivity contribution is -0.141. The van der Waals surface area contributed by atoms with E-state index in [0.29, 0.717) is 5.69 Å². The van der Waals surface area contributed by atoms with Crippen LogP contribution in [0.15, 0.2) is 0 Å². The fraction of sp³-hybridized carbons (Fsp3) is 0.667. The molecule has 0 radical (unpaired) electrons. The molecule has 1 saturated carbocycles. The normalized spacial score (nSPS) is 17.1. The predicted molar refractivity (Wildman–Crippen MR) is 50.0 cm³/mol. The van der Waals surface area contributed by atoms with Crippen LogP contribution >= 0.6 is 11.6 Å². The molecule has 0 aromatic carbocycles. The fourth-order valence-corrected chi connectivity index (χ4v) is 1.86. The van der Waals surface area contributed by atoms with Gasteiger partial charge in [-0.25, -0.2) is 0 Å². The fourth-order valence-electron chi connectivity index (χ4n) is 1.67. The standard InChI is InChI=1S/C9H10ClF3N2/c10-4-3-6-7(5-1-2-5)14-15-8(6)9(11,12)13/h5H,1-4H2,(H,14,15). The highest BCUT2D eigenvalue weighted by Crippen LogP contribution is 2.43. The molecule has 6 heteroatoms. The molecule has 15 heavy (non-hydrogen) atoms. The monoisotopic (exact) mass is 238 g/mol. The topological polar surface area (TPSA) is 28.7 Å². The van der Waals surface area contributed by atoms with Crippen molar-refractivity contribution in [3.63, 3.8) is 0 Å². The van der Waals surface area contributed by atoms with Gasteiger partial charge >= 0.3 is 6.18 Å². The van der Waals surface area contributed by atoms with Crippen LogP contribution in [0.2, 0.25) is 0 Å². The van der Waals surface area contributed by atoms with Crippen molar-refractivity contribution < 1.29 is 13.2 Å². The van der Waals surface area contributed by atoms with Crippen LogP contribution in [-0.4, -0.2) is 16.1 Å². The Hall–Kier alpha value is -0.710. The first kappa shape index (κ1) is 10.8. The van der Waals surface area contributed by atoms with E-state index >= 15 is 0 Å². The molecule has 0 unspecified atom stereocenters. The number of aromatic amines is 1. The lowest BCUT2D eigenvalue weighted by Gasteiger charge is -2.06. The number of nitrogens with zero attached hydrogens (tertiary/aromatic N) is 1. The Kier molecular flexibility index (Phi) is 2.66. The smallest absolute Gasteiger partial charge is 0.281 e. The van der Waals surface area contributed by atoms with Crippen molar-refractivity contribution in [3.8, 4) is 0 Å². The molecule has 1 fully saturated rings. The summed E-state index contributed by atoms with van der Waals surface area (Å²) in [7, 11) is 0. The largest absolute Gasteiger partial charge is 0.435 e. The summed E-state index contributed by atoms with van der Waals surface area (Å²) in [5, 5.41) is 5.86. The maximum absolute atomic E-state index is 12.5. The van der Waals surface area contributed by atoms with Gasteiger partial charge < -0.3 is 0 Å². The molecule has 0 saturated heterocycles. The van der Waals surface area contributed by atoms with E-state index in [1.54, 1.807) is 0 Å². The minimum Gasteiger partial charge on any atom is -0.281 e. The predicted octanol–water partition coefficient (Wildman–Crippen LogP) is 3.09. The third-order valence-electron chi connectivity index (χ3n) is 2.50. The molecule has 1 aromatic rings. The van der Waals surface area contributed by atoms with Crippen LogP contribution in [0.4, 0.5) is 13.2 Å². The summed E-state index contributed by atoms with van der Waals surface area (Å²) in [5.41, 5.74) is 0.0769. The van der Waals surface area contributed by atoms with Gasteiger partial charge in [0, 0.05) is 23.1 Å². The van der Waals surface area contributed by atoms with Crippen LogP contribution in [-0.2, 0) is 12.6 Å². The highest BCUT2D eigenvalue weighted by molar-refractivity contribution is 6.18. The van der Waals surface area contributed by atoms with Gasteiger partial charge in [-0.2, -0.15) is 18.3 Å². The van der Waals surface area contributed by atoms with Gasteiger partial charge in [0.25, 0.3) is 0 Å². The molecule has 1 aliphatic carbocycles. The molecular formula is C9H10ClF3N2. The maximum atomic E-state index is 12.5. The van der Waals surface area contributed by atoms with E-state index < -0.39 is 11.9 Å². The van der Waals surface area contributed by atoms with Gasteiger partial charge in [0.2, 0.25) is 0 Å². The quantitative estimate of drug-likeness (QED) is 0.806. The summed E-state index contributed by atoms with van der Waals surface area (Å²) in [4.78, 5) is 0. The van der Waals surface area contributed by atoms with Gasteiger partial charge in [-0.1, -0.05) is 0 Å². The number of alkyl halides is 4. The van der Waals surface area contributed by atoms with Crippen LogP contribution in [0.3, 0.4) is 0 Å². The molecule has 0 aliphatic heterocycles.